The zero-order valence-electron chi connectivity index (χ0n) is 11.5. The third kappa shape index (κ3) is 3.35. The summed E-state index contributed by atoms with van der Waals surface area (Å²) in [4.78, 5) is 0. The van der Waals surface area contributed by atoms with Gasteiger partial charge in [0.2, 0.25) is 0 Å². The highest BCUT2D eigenvalue weighted by molar-refractivity contribution is 5.83. The third-order valence-electron chi connectivity index (χ3n) is 3.04. The molecule has 19 heavy (non-hydrogen) atoms. The van der Waals surface area contributed by atoms with Crippen molar-refractivity contribution in [2.75, 3.05) is 12.5 Å². The van der Waals surface area contributed by atoms with Crippen molar-refractivity contribution in [1.29, 1.82) is 0 Å². The van der Waals surface area contributed by atoms with Crippen LogP contribution in [0.5, 0.6) is 5.75 Å². The van der Waals surface area contributed by atoms with Gasteiger partial charge in [-0.1, -0.05) is 18.2 Å². The van der Waals surface area contributed by atoms with Crippen LogP contribution in [0.1, 0.15) is 16.7 Å². The molecule has 0 aliphatic heterocycles. The Morgan fingerprint density at radius 3 is 2.58 bits per heavy atom. The predicted molar refractivity (Wildman–Crippen MR) is 80.1 cm³/mol. The van der Waals surface area contributed by atoms with E-state index in [4.69, 9.17) is 4.74 Å². The molecule has 0 aromatic heterocycles. The molecule has 3 heteroatoms. The minimum absolute atomic E-state index is 0.813. The van der Waals surface area contributed by atoms with E-state index in [0.29, 0.717) is 0 Å². The Morgan fingerprint density at radius 2 is 1.84 bits per heavy atom. The summed E-state index contributed by atoms with van der Waals surface area (Å²) in [7, 11) is 1.66. The van der Waals surface area contributed by atoms with Crippen molar-refractivity contribution in [1.82, 2.24) is 0 Å². The standard InChI is InChI=1S/C16H18N2O/c1-12-8-9-15(10-13(12)2)18-17-11-14-6-4-5-7-16(14)19-3/h4-11,18H,1-3H3/b17-11+. The maximum atomic E-state index is 5.26. The van der Waals surface area contributed by atoms with Crippen LogP contribution in [0.4, 0.5) is 5.69 Å². The summed E-state index contributed by atoms with van der Waals surface area (Å²) in [6.07, 6.45) is 1.76. The smallest absolute Gasteiger partial charge is 0.127 e. The number of ether oxygens (including phenoxy) is 1. The lowest BCUT2D eigenvalue weighted by atomic mass is 10.1. The van der Waals surface area contributed by atoms with Crippen molar-refractivity contribution in [3.63, 3.8) is 0 Å². The third-order valence-corrected chi connectivity index (χ3v) is 3.04. The maximum absolute atomic E-state index is 5.26. The molecule has 0 unspecified atom stereocenters. The van der Waals surface area contributed by atoms with Gasteiger partial charge in [-0.3, -0.25) is 5.43 Å². The van der Waals surface area contributed by atoms with Gasteiger partial charge in [0.25, 0.3) is 0 Å². The molecule has 1 N–H and O–H groups in total. The van der Waals surface area contributed by atoms with Crippen LogP contribution in [0.2, 0.25) is 0 Å². The Labute approximate surface area is 113 Å². The quantitative estimate of drug-likeness (QED) is 0.665. The summed E-state index contributed by atoms with van der Waals surface area (Å²) in [5.41, 5.74) is 7.48. The van der Waals surface area contributed by atoms with E-state index in [2.05, 4.69) is 36.5 Å². The van der Waals surface area contributed by atoms with Crippen LogP contribution in [0.25, 0.3) is 0 Å². The molecule has 0 aliphatic rings. The van der Waals surface area contributed by atoms with Crippen molar-refractivity contribution in [2.24, 2.45) is 5.10 Å². The van der Waals surface area contributed by atoms with Crippen molar-refractivity contribution in [2.45, 2.75) is 13.8 Å². The Kier molecular flexibility index (Phi) is 4.18. The molecule has 0 spiro atoms. The van der Waals surface area contributed by atoms with E-state index < -0.39 is 0 Å². The van der Waals surface area contributed by atoms with Crippen molar-refractivity contribution in [3.05, 3.63) is 59.2 Å². The molecular weight excluding hydrogens is 236 g/mol. The minimum atomic E-state index is 0.813. The van der Waals surface area contributed by atoms with Gasteiger partial charge in [-0.15, -0.1) is 0 Å². The van der Waals surface area contributed by atoms with E-state index in [1.165, 1.54) is 11.1 Å². The Balaban J connectivity index is 2.09. The van der Waals surface area contributed by atoms with Gasteiger partial charge >= 0.3 is 0 Å². The number of para-hydroxylation sites is 1. The molecule has 0 bridgehead atoms. The maximum Gasteiger partial charge on any atom is 0.127 e. The summed E-state index contributed by atoms with van der Waals surface area (Å²) in [5, 5.41) is 4.24. The largest absolute Gasteiger partial charge is 0.496 e. The van der Waals surface area contributed by atoms with E-state index in [0.717, 1.165) is 17.0 Å². The molecule has 3 nitrogen and oxygen atoms in total. The molecule has 0 amide bonds. The first kappa shape index (κ1) is 13.1. The van der Waals surface area contributed by atoms with Gasteiger partial charge in [0.15, 0.2) is 0 Å². The number of hydrogen-bond acceptors (Lipinski definition) is 3. The number of hydrazone groups is 1. The highest BCUT2D eigenvalue weighted by Gasteiger charge is 1.98. The van der Waals surface area contributed by atoms with Gasteiger partial charge in [-0.05, 0) is 49.2 Å². The van der Waals surface area contributed by atoms with E-state index in [1.807, 2.05) is 30.3 Å². The Hall–Kier alpha value is -2.29. The van der Waals surface area contributed by atoms with E-state index in [1.54, 1.807) is 13.3 Å². The second-order valence-electron chi connectivity index (χ2n) is 4.41. The molecule has 0 radical (unpaired) electrons. The second-order valence-corrected chi connectivity index (χ2v) is 4.41. The monoisotopic (exact) mass is 254 g/mol. The van der Waals surface area contributed by atoms with Crippen molar-refractivity contribution in [3.8, 4) is 5.75 Å². The zero-order valence-corrected chi connectivity index (χ0v) is 11.5. The number of benzene rings is 2. The van der Waals surface area contributed by atoms with Crippen LogP contribution in [0.3, 0.4) is 0 Å². The number of rotatable bonds is 4. The SMILES string of the molecule is COc1ccccc1/C=N/Nc1ccc(C)c(C)c1. The first-order chi connectivity index (χ1) is 9.20. The van der Waals surface area contributed by atoms with Crippen LogP contribution in [-0.4, -0.2) is 13.3 Å². The average molecular weight is 254 g/mol. The first-order valence-corrected chi connectivity index (χ1v) is 6.20. The number of methoxy groups -OCH3 is 1. The summed E-state index contributed by atoms with van der Waals surface area (Å²) in [5.74, 6) is 0.813. The van der Waals surface area contributed by atoms with Crippen LogP contribution in [0, 0.1) is 13.8 Å². The highest BCUT2D eigenvalue weighted by Crippen LogP contribution is 2.16. The van der Waals surface area contributed by atoms with Gasteiger partial charge in [0.1, 0.15) is 5.75 Å². The first-order valence-electron chi connectivity index (χ1n) is 6.20. The highest BCUT2D eigenvalue weighted by atomic mass is 16.5. The van der Waals surface area contributed by atoms with Gasteiger partial charge in [-0.25, -0.2) is 0 Å². The fraction of sp³-hybridized carbons (Fsp3) is 0.188. The lowest BCUT2D eigenvalue weighted by Crippen LogP contribution is -1.94. The molecular formula is C16H18N2O. The average Bonchev–Trinajstić information content (AvgIpc) is 2.43. The molecule has 2 rings (SSSR count). The normalized spacial score (nSPS) is 10.7. The lowest BCUT2D eigenvalue weighted by molar-refractivity contribution is 0.414. The summed E-state index contributed by atoms with van der Waals surface area (Å²) >= 11 is 0. The Bertz CT molecular complexity index is 591. The van der Waals surface area contributed by atoms with Gasteiger partial charge in [0, 0.05) is 5.56 Å². The molecule has 98 valence electrons. The Morgan fingerprint density at radius 1 is 1.05 bits per heavy atom. The van der Waals surface area contributed by atoms with Gasteiger partial charge in [-0.2, -0.15) is 5.10 Å². The molecule has 0 fully saturated rings. The van der Waals surface area contributed by atoms with Crippen LogP contribution in [0.15, 0.2) is 47.6 Å². The molecule has 0 heterocycles. The van der Waals surface area contributed by atoms with Crippen molar-refractivity contribution < 1.29 is 4.74 Å². The number of aryl methyl sites for hydroxylation is 2. The van der Waals surface area contributed by atoms with Crippen LogP contribution in [-0.2, 0) is 0 Å². The minimum Gasteiger partial charge on any atom is -0.496 e. The van der Waals surface area contributed by atoms with Gasteiger partial charge < -0.3 is 4.74 Å². The second kappa shape index (κ2) is 6.05. The summed E-state index contributed by atoms with van der Waals surface area (Å²) < 4.78 is 5.26. The molecule has 0 saturated heterocycles. The fourth-order valence-corrected chi connectivity index (χ4v) is 1.76. The van der Waals surface area contributed by atoms with Gasteiger partial charge in [0.05, 0.1) is 19.0 Å². The summed E-state index contributed by atoms with van der Waals surface area (Å²) in [6, 6.07) is 13.9. The number of nitrogens with zero attached hydrogens (tertiary/aromatic N) is 1. The van der Waals surface area contributed by atoms with E-state index >= 15 is 0 Å². The molecule has 0 saturated carbocycles. The number of hydrogen-bond donors (Lipinski definition) is 1. The molecule has 2 aromatic rings. The molecule has 2 aromatic carbocycles. The predicted octanol–water partition coefficient (Wildman–Crippen LogP) is 3.76. The summed E-state index contributed by atoms with van der Waals surface area (Å²) in [6.45, 7) is 4.18. The number of anilines is 1. The van der Waals surface area contributed by atoms with E-state index in [9.17, 15) is 0 Å². The van der Waals surface area contributed by atoms with Crippen molar-refractivity contribution >= 4 is 11.9 Å². The molecule has 0 aliphatic carbocycles. The van der Waals surface area contributed by atoms with Crippen LogP contribution >= 0.6 is 0 Å². The topological polar surface area (TPSA) is 33.6 Å². The molecule has 0 atom stereocenters. The fourth-order valence-electron chi connectivity index (χ4n) is 1.76. The zero-order chi connectivity index (χ0) is 13.7. The number of nitrogens with one attached hydrogen (secondary N) is 1. The van der Waals surface area contributed by atoms with E-state index in [-0.39, 0.29) is 0 Å². The van der Waals surface area contributed by atoms with Crippen LogP contribution < -0.4 is 10.2 Å². The lowest BCUT2D eigenvalue weighted by Gasteiger charge is -2.05.